The second kappa shape index (κ2) is 55.3. The fourth-order valence-corrected chi connectivity index (χ4v) is 6.71. The van der Waals surface area contributed by atoms with Crippen LogP contribution in [0.5, 0.6) is 0 Å². The first-order valence-corrected chi connectivity index (χ1v) is 22.0. The van der Waals surface area contributed by atoms with Crippen molar-refractivity contribution < 1.29 is 19.8 Å². The van der Waals surface area contributed by atoms with E-state index in [0.29, 0.717) is 12.8 Å². The number of hydrogen-bond acceptors (Lipinski definition) is 2. The van der Waals surface area contributed by atoms with E-state index in [1.807, 2.05) is 0 Å². The average Bonchev–Trinajstić information content (AvgIpc) is 3.07. The van der Waals surface area contributed by atoms with Gasteiger partial charge in [0.25, 0.3) is 0 Å². The summed E-state index contributed by atoms with van der Waals surface area (Å²) in [4.78, 5) is 20.8. The van der Waals surface area contributed by atoms with E-state index in [1.165, 1.54) is 218 Å². The van der Waals surface area contributed by atoms with Gasteiger partial charge >= 0.3 is 106 Å². The SMILES string of the molecule is CCCCCCCCCCCCCCCCCCCCCC(=O)O.CCCCCCCCCCCCCCCCCCCCCC(=O)O.[Ba+2].[Sr+2]. The number of carbonyl (C=O) groups is 2. The normalized spacial score (nSPS) is 10.6. The van der Waals surface area contributed by atoms with Crippen molar-refractivity contribution in [1.29, 1.82) is 0 Å². The molecule has 0 rings (SSSR count). The van der Waals surface area contributed by atoms with Crippen molar-refractivity contribution in [3.05, 3.63) is 0 Å². The first-order valence-electron chi connectivity index (χ1n) is 22.0. The molecule has 0 aliphatic heterocycles. The van der Waals surface area contributed by atoms with Crippen LogP contribution in [0.25, 0.3) is 0 Å². The zero-order chi connectivity index (χ0) is 35.4. The molecule has 4 nitrogen and oxygen atoms in total. The third-order valence-electron chi connectivity index (χ3n) is 9.99. The van der Waals surface area contributed by atoms with Crippen LogP contribution < -0.4 is 0 Å². The number of hydrogen-bond donors (Lipinski definition) is 2. The fraction of sp³-hybridized carbons (Fsp3) is 0.955. The van der Waals surface area contributed by atoms with Crippen LogP contribution in [0.15, 0.2) is 0 Å². The van der Waals surface area contributed by atoms with Crippen LogP contribution >= 0.6 is 0 Å². The van der Waals surface area contributed by atoms with E-state index in [0.717, 1.165) is 25.7 Å². The summed E-state index contributed by atoms with van der Waals surface area (Å²) in [6, 6.07) is 0. The van der Waals surface area contributed by atoms with Gasteiger partial charge in [-0.1, -0.05) is 245 Å². The maximum Gasteiger partial charge on any atom is 2.00 e. The molecule has 0 saturated carbocycles. The molecule has 0 saturated heterocycles. The molecule has 0 aromatic heterocycles. The van der Waals surface area contributed by atoms with Crippen LogP contribution in [0, 0.1) is 0 Å². The van der Waals surface area contributed by atoms with E-state index in [-0.39, 0.29) is 94.4 Å². The summed E-state index contributed by atoms with van der Waals surface area (Å²) < 4.78 is 0. The molecule has 6 heteroatoms. The first-order chi connectivity index (χ1) is 23.5. The zero-order valence-corrected chi connectivity index (χ0v) is 42.3. The van der Waals surface area contributed by atoms with Gasteiger partial charge in [0.1, 0.15) is 0 Å². The number of aliphatic carboxylic acids is 2. The van der Waals surface area contributed by atoms with Gasteiger partial charge in [-0.25, -0.2) is 0 Å². The van der Waals surface area contributed by atoms with E-state index in [9.17, 15) is 9.59 Å². The third-order valence-corrected chi connectivity index (χ3v) is 9.99. The predicted octanol–water partition coefficient (Wildman–Crippen LogP) is 15.0. The summed E-state index contributed by atoms with van der Waals surface area (Å²) in [6.07, 6.45) is 52.2. The van der Waals surface area contributed by atoms with Gasteiger partial charge in [-0.2, -0.15) is 0 Å². The molecule has 0 fully saturated rings. The molecule has 288 valence electrons. The molecule has 0 aromatic carbocycles. The molecule has 0 bridgehead atoms. The smallest absolute Gasteiger partial charge is 0.481 e. The topological polar surface area (TPSA) is 74.6 Å². The number of carboxylic acids is 2. The molecule has 50 heavy (non-hydrogen) atoms. The fourth-order valence-electron chi connectivity index (χ4n) is 6.71. The Labute approximate surface area is 391 Å². The number of rotatable bonds is 40. The van der Waals surface area contributed by atoms with Crippen molar-refractivity contribution in [2.45, 2.75) is 271 Å². The second-order valence-corrected chi connectivity index (χ2v) is 15.0. The number of carboxylic acid groups (broad SMARTS) is 2. The van der Waals surface area contributed by atoms with Crippen molar-refractivity contribution in [2.75, 3.05) is 0 Å². The van der Waals surface area contributed by atoms with Gasteiger partial charge in [0.2, 0.25) is 0 Å². The molecule has 0 atom stereocenters. The summed E-state index contributed by atoms with van der Waals surface area (Å²) in [5.41, 5.74) is 0. The Morgan fingerprint density at radius 3 is 0.520 bits per heavy atom. The Morgan fingerprint density at radius 2 is 0.400 bits per heavy atom. The van der Waals surface area contributed by atoms with Gasteiger partial charge in [0.15, 0.2) is 0 Å². The van der Waals surface area contributed by atoms with Gasteiger partial charge in [-0.15, -0.1) is 0 Å². The van der Waals surface area contributed by atoms with Crippen LogP contribution in [-0.4, -0.2) is 117 Å². The van der Waals surface area contributed by atoms with Crippen LogP contribution in [0.1, 0.15) is 271 Å². The van der Waals surface area contributed by atoms with Gasteiger partial charge in [0, 0.05) is 12.8 Å². The summed E-state index contributed by atoms with van der Waals surface area (Å²) >= 11 is 0. The Hall–Kier alpha value is 1.99. The van der Waals surface area contributed by atoms with Gasteiger partial charge < -0.3 is 10.2 Å². The van der Waals surface area contributed by atoms with Gasteiger partial charge in [0.05, 0.1) is 0 Å². The molecule has 0 amide bonds. The van der Waals surface area contributed by atoms with E-state index in [4.69, 9.17) is 10.2 Å². The minimum atomic E-state index is -0.651. The monoisotopic (exact) mass is 906 g/mol. The van der Waals surface area contributed by atoms with Crippen LogP contribution in [0.2, 0.25) is 0 Å². The zero-order valence-electron chi connectivity index (χ0n) is 34.4. The Bertz CT molecular complexity index is 567. The first kappa shape index (κ1) is 58.7. The maximum absolute atomic E-state index is 10.4. The summed E-state index contributed by atoms with van der Waals surface area (Å²) in [5.74, 6) is -1.30. The van der Waals surface area contributed by atoms with Crippen molar-refractivity contribution in [2.24, 2.45) is 0 Å². The van der Waals surface area contributed by atoms with Crippen molar-refractivity contribution in [1.82, 2.24) is 0 Å². The van der Waals surface area contributed by atoms with E-state index >= 15 is 0 Å². The average molecular weight is 906 g/mol. The summed E-state index contributed by atoms with van der Waals surface area (Å²) in [7, 11) is 0. The van der Waals surface area contributed by atoms with E-state index < -0.39 is 11.9 Å². The standard InChI is InChI=1S/2C22H44O2.Ba.Sr/c2*1-2-3-4-5-6-7-8-9-10-11-12-13-14-15-16-17-18-19-20-21-22(23)24;;/h2*2-21H2,1H3,(H,23,24);;/q;;2*+2. The van der Waals surface area contributed by atoms with E-state index in [1.54, 1.807) is 0 Å². The molecule has 0 heterocycles. The molecule has 2 N–H and O–H groups in total. The summed E-state index contributed by atoms with van der Waals surface area (Å²) in [6.45, 7) is 4.57. The quantitative estimate of drug-likeness (QED) is 0.0474. The molecule has 0 radical (unpaired) electrons. The molecule has 0 aliphatic carbocycles. The Morgan fingerprint density at radius 1 is 0.280 bits per heavy atom. The molecule has 0 aliphatic rings. The summed E-state index contributed by atoms with van der Waals surface area (Å²) in [5, 5.41) is 17.1. The second-order valence-electron chi connectivity index (χ2n) is 15.0. The van der Waals surface area contributed by atoms with Crippen molar-refractivity contribution in [3.8, 4) is 0 Å². The van der Waals surface area contributed by atoms with E-state index in [2.05, 4.69) is 13.8 Å². The Balaban J connectivity index is -0.000000407. The number of unbranched alkanes of at least 4 members (excludes halogenated alkanes) is 36. The minimum absolute atomic E-state index is 0. The largest absolute Gasteiger partial charge is 2.00 e. The molecule has 0 unspecified atom stereocenters. The minimum Gasteiger partial charge on any atom is -0.481 e. The molecule has 0 aromatic rings. The van der Waals surface area contributed by atoms with Crippen LogP contribution in [0.3, 0.4) is 0 Å². The molecule has 0 spiro atoms. The molecular weight excluding hydrogens is 817 g/mol. The maximum atomic E-state index is 10.4. The van der Waals surface area contributed by atoms with Crippen LogP contribution in [0.4, 0.5) is 0 Å². The molecular formula is C44H88BaO4Sr+4. The Kier molecular flexibility index (Phi) is 65.0. The van der Waals surface area contributed by atoms with Gasteiger partial charge in [-0.3, -0.25) is 9.59 Å². The van der Waals surface area contributed by atoms with Crippen molar-refractivity contribution in [3.63, 3.8) is 0 Å². The van der Waals surface area contributed by atoms with Gasteiger partial charge in [-0.05, 0) is 12.8 Å². The van der Waals surface area contributed by atoms with Crippen LogP contribution in [-0.2, 0) is 9.59 Å². The third kappa shape index (κ3) is 62.0. The predicted molar refractivity (Wildman–Crippen MR) is 223 cm³/mol. The van der Waals surface area contributed by atoms with Crippen molar-refractivity contribution >= 4 is 106 Å².